The lowest BCUT2D eigenvalue weighted by atomic mass is 9.90. The van der Waals surface area contributed by atoms with Gasteiger partial charge in [-0.2, -0.15) is 0 Å². The van der Waals surface area contributed by atoms with Crippen molar-refractivity contribution in [2.24, 2.45) is 0 Å². The molecule has 1 aromatic carbocycles. The summed E-state index contributed by atoms with van der Waals surface area (Å²) in [6.45, 7) is 10.1. The average Bonchev–Trinajstić information content (AvgIpc) is 2.04. The minimum atomic E-state index is -0.622. The van der Waals surface area contributed by atoms with Crippen molar-refractivity contribution >= 4 is 0 Å². The molecule has 78 valence electrons. The molecule has 1 nitrogen and oxygen atoms in total. The minimum Gasteiger partial charge on any atom is -0.390 e. The number of aryl methyl sites for hydroxylation is 2. The Hall–Kier alpha value is -0.820. The lowest BCUT2D eigenvalue weighted by Crippen LogP contribution is -2.23. The molecule has 0 bridgehead atoms. The average molecular weight is 192 g/mol. The fourth-order valence-electron chi connectivity index (χ4n) is 1.71. The van der Waals surface area contributed by atoms with Crippen molar-refractivity contribution < 1.29 is 5.11 Å². The van der Waals surface area contributed by atoms with Gasteiger partial charge in [0, 0.05) is 6.42 Å². The molecule has 14 heavy (non-hydrogen) atoms. The number of hydrogen-bond donors (Lipinski definition) is 1. The van der Waals surface area contributed by atoms with E-state index in [-0.39, 0.29) is 0 Å². The zero-order valence-corrected chi connectivity index (χ0v) is 9.81. The first-order chi connectivity index (χ1) is 6.31. The molecular formula is C13H20O. The van der Waals surface area contributed by atoms with Gasteiger partial charge in [-0.3, -0.25) is 0 Å². The normalized spacial score (nSPS) is 11.9. The van der Waals surface area contributed by atoms with E-state index >= 15 is 0 Å². The largest absolute Gasteiger partial charge is 0.390 e. The predicted molar refractivity (Wildman–Crippen MR) is 60.7 cm³/mol. The fraction of sp³-hybridized carbons (Fsp3) is 0.538. The quantitative estimate of drug-likeness (QED) is 0.764. The van der Waals surface area contributed by atoms with Crippen LogP contribution in [0.3, 0.4) is 0 Å². The zero-order valence-electron chi connectivity index (χ0n) is 9.81. The highest BCUT2D eigenvalue weighted by molar-refractivity contribution is 5.39. The van der Waals surface area contributed by atoms with Crippen LogP contribution in [0.1, 0.15) is 36.1 Å². The fourth-order valence-corrected chi connectivity index (χ4v) is 1.71. The highest BCUT2D eigenvalue weighted by Crippen LogP contribution is 2.22. The Morgan fingerprint density at radius 1 is 1.07 bits per heavy atom. The SMILES string of the molecule is Cc1ccc(C)c(CC(C)(C)O)c1C. The molecule has 0 aliphatic rings. The maximum absolute atomic E-state index is 9.81. The van der Waals surface area contributed by atoms with Crippen molar-refractivity contribution in [2.45, 2.75) is 46.6 Å². The van der Waals surface area contributed by atoms with Crippen LogP contribution in [0.25, 0.3) is 0 Å². The molecule has 0 amide bonds. The first kappa shape index (κ1) is 11.3. The summed E-state index contributed by atoms with van der Waals surface area (Å²) in [5.41, 5.74) is 4.55. The minimum absolute atomic E-state index is 0.622. The van der Waals surface area contributed by atoms with E-state index in [4.69, 9.17) is 0 Å². The standard InChI is InChI=1S/C13H20O/c1-9-6-7-10(2)12(11(9)3)8-13(4,5)14/h6-7,14H,8H2,1-5H3. The highest BCUT2D eigenvalue weighted by atomic mass is 16.3. The van der Waals surface area contributed by atoms with E-state index in [9.17, 15) is 5.11 Å². The summed E-state index contributed by atoms with van der Waals surface area (Å²) in [4.78, 5) is 0. The van der Waals surface area contributed by atoms with Gasteiger partial charge in [-0.15, -0.1) is 0 Å². The van der Waals surface area contributed by atoms with Crippen LogP contribution in [0, 0.1) is 20.8 Å². The third kappa shape index (κ3) is 2.58. The van der Waals surface area contributed by atoms with Crippen molar-refractivity contribution in [1.29, 1.82) is 0 Å². The van der Waals surface area contributed by atoms with Crippen LogP contribution in [0.5, 0.6) is 0 Å². The lowest BCUT2D eigenvalue weighted by Gasteiger charge is -2.21. The Labute approximate surface area is 86.8 Å². The molecule has 0 aromatic heterocycles. The van der Waals surface area contributed by atoms with Crippen molar-refractivity contribution in [3.63, 3.8) is 0 Å². The van der Waals surface area contributed by atoms with Crippen LogP contribution in [0.4, 0.5) is 0 Å². The molecule has 0 aliphatic carbocycles. The molecule has 1 heteroatoms. The van der Waals surface area contributed by atoms with Crippen LogP contribution in [0.15, 0.2) is 12.1 Å². The second kappa shape index (κ2) is 3.74. The summed E-state index contributed by atoms with van der Waals surface area (Å²) in [5, 5.41) is 9.81. The Bertz CT molecular complexity index is 332. The van der Waals surface area contributed by atoms with Crippen molar-refractivity contribution in [1.82, 2.24) is 0 Å². The second-order valence-electron chi connectivity index (χ2n) is 4.79. The molecule has 0 fully saturated rings. The van der Waals surface area contributed by atoms with Gasteiger partial charge in [-0.25, -0.2) is 0 Å². The Morgan fingerprint density at radius 2 is 1.57 bits per heavy atom. The molecule has 0 saturated heterocycles. The highest BCUT2D eigenvalue weighted by Gasteiger charge is 2.16. The van der Waals surface area contributed by atoms with Crippen molar-refractivity contribution in [3.05, 3.63) is 34.4 Å². The van der Waals surface area contributed by atoms with Crippen LogP contribution < -0.4 is 0 Å². The smallest absolute Gasteiger partial charge is 0.0632 e. The van der Waals surface area contributed by atoms with Gasteiger partial charge in [0.1, 0.15) is 0 Å². The molecular weight excluding hydrogens is 172 g/mol. The van der Waals surface area contributed by atoms with Crippen LogP contribution in [0.2, 0.25) is 0 Å². The van der Waals surface area contributed by atoms with Crippen molar-refractivity contribution in [3.8, 4) is 0 Å². The van der Waals surface area contributed by atoms with Gasteiger partial charge >= 0.3 is 0 Å². The van der Waals surface area contributed by atoms with Crippen molar-refractivity contribution in [2.75, 3.05) is 0 Å². The maximum Gasteiger partial charge on any atom is 0.0632 e. The first-order valence-corrected chi connectivity index (χ1v) is 5.09. The summed E-state index contributed by atoms with van der Waals surface area (Å²) >= 11 is 0. The van der Waals surface area contributed by atoms with Gasteiger partial charge in [-0.05, 0) is 56.9 Å². The van der Waals surface area contributed by atoms with Gasteiger partial charge in [0.15, 0.2) is 0 Å². The summed E-state index contributed by atoms with van der Waals surface area (Å²) in [6, 6.07) is 4.27. The monoisotopic (exact) mass is 192 g/mol. The third-order valence-electron chi connectivity index (χ3n) is 2.71. The van der Waals surface area contributed by atoms with Crippen LogP contribution in [-0.2, 0) is 6.42 Å². The van der Waals surface area contributed by atoms with Gasteiger partial charge in [0.25, 0.3) is 0 Å². The molecule has 0 heterocycles. The van der Waals surface area contributed by atoms with E-state index in [0.29, 0.717) is 0 Å². The first-order valence-electron chi connectivity index (χ1n) is 5.09. The van der Waals surface area contributed by atoms with Crippen LogP contribution >= 0.6 is 0 Å². The van der Waals surface area contributed by atoms with Gasteiger partial charge in [-0.1, -0.05) is 12.1 Å². The van der Waals surface area contributed by atoms with E-state index in [1.807, 2.05) is 13.8 Å². The van der Waals surface area contributed by atoms with E-state index < -0.39 is 5.60 Å². The molecule has 0 spiro atoms. The van der Waals surface area contributed by atoms with Gasteiger partial charge in [0.2, 0.25) is 0 Å². The van der Waals surface area contributed by atoms with E-state index in [1.54, 1.807) is 0 Å². The molecule has 1 rings (SSSR count). The number of hydrogen-bond acceptors (Lipinski definition) is 1. The Balaban J connectivity index is 3.13. The van der Waals surface area contributed by atoms with Crippen LogP contribution in [-0.4, -0.2) is 10.7 Å². The van der Waals surface area contributed by atoms with E-state index in [2.05, 4.69) is 32.9 Å². The molecule has 0 saturated carbocycles. The molecule has 1 aromatic rings. The predicted octanol–water partition coefficient (Wildman–Crippen LogP) is 2.93. The Morgan fingerprint density at radius 3 is 2.07 bits per heavy atom. The molecule has 0 aliphatic heterocycles. The summed E-state index contributed by atoms with van der Waals surface area (Å²) in [5.74, 6) is 0. The van der Waals surface area contributed by atoms with E-state index in [0.717, 1.165) is 6.42 Å². The van der Waals surface area contributed by atoms with Gasteiger partial charge in [0.05, 0.1) is 5.60 Å². The molecule has 1 N–H and O–H groups in total. The zero-order chi connectivity index (χ0) is 10.9. The molecule has 0 atom stereocenters. The third-order valence-corrected chi connectivity index (χ3v) is 2.71. The summed E-state index contributed by atoms with van der Waals surface area (Å²) < 4.78 is 0. The van der Waals surface area contributed by atoms with Gasteiger partial charge < -0.3 is 5.11 Å². The maximum atomic E-state index is 9.81. The van der Waals surface area contributed by atoms with E-state index in [1.165, 1.54) is 22.3 Å². The molecule has 0 radical (unpaired) electrons. The number of rotatable bonds is 2. The summed E-state index contributed by atoms with van der Waals surface area (Å²) in [7, 11) is 0. The Kier molecular flexibility index (Phi) is 3.01. The summed E-state index contributed by atoms with van der Waals surface area (Å²) in [6.07, 6.45) is 0.729. The lowest BCUT2D eigenvalue weighted by molar-refractivity contribution is 0.0806. The second-order valence-corrected chi connectivity index (χ2v) is 4.79. The topological polar surface area (TPSA) is 20.2 Å². The molecule has 0 unspecified atom stereocenters. The number of aliphatic hydroxyl groups is 1. The number of benzene rings is 1.